The summed E-state index contributed by atoms with van der Waals surface area (Å²) in [5, 5.41) is 9.16. The Morgan fingerprint density at radius 1 is 1.08 bits per heavy atom. The molecule has 1 unspecified atom stereocenters. The largest absolute Gasteiger partial charge is 0.491 e. The summed E-state index contributed by atoms with van der Waals surface area (Å²) in [4.78, 5) is 28.0. The fourth-order valence-corrected chi connectivity index (χ4v) is 6.42. The van der Waals surface area contributed by atoms with Crippen molar-refractivity contribution in [3.63, 3.8) is 0 Å². The van der Waals surface area contributed by atoms with Gasteiger partial charge >= 0.3 is 5.97 Å². The molecular formula is C33H32N2O4. The summed E-state index contributed by atoms with van der Waals surface area (Å²) < 4.78 is 7.39. The molecule has 0 fully saturated rings. The summed E-state index contributed by atoms with van der Waals surface area (Å²) in [7, 11) is 1.77. The lowest BCUT2D eigenvalue weighted by atomic mass is 9.87. The second-order valence-electron chi connectivity index (χ2n) is 11.0. The fourth-order valence-electron chi connectivity index (χ4n) is 6.42. The average molecular weight is 521 g/mol. The number of nitrogens with zero attached hydrogens (tertiary/aromatic N) is 2. The molecule has 0 amide bonds. The van der Waals surface area contributed by atoms with Crippen molar-refractivity contribution in [2.45, 2.75) is 51.4 Å². The van der Waals surface area contributed by atoms with E-state index in [2.05, 4.69) is 55.2 Å². The van der Waals surface area contributed by atoms with Crippen LogP contribution in [0.15, 0.2) is 65.7 Å². The predicted molar refractivity (Wildman–Crippen MR) is 152 cm³/mol. The van der Waals surface area contributed by atoms with Crippen molar-refractivity contribution in [2.75, 3.05) is 6.61 Å². The van der Waals surface area contributed by atoms with E-state index in [9.17, 15) is 9.59 Å². The van der Waals surface area contributed by atoms with Gasteiger partial charge < -0.3 is 14.4 Å². The van der Waals surface area contributed by atoms with Gasteiger partial charge in [0.05, 0.1) is 18.7 Å². The number of aromatic nitrogens is 2. The molecule has 0 spiro atoms. The molecule has 1 N–H and O–H groups in total. The normalized spacial score (nSPS) is 17.5. The van der Waals surface area contributed by atoms with Gasteiger partial charge in [-0.15, -0.1) is 0 Å². The Kier molecular flexibility index (Phi) is 6.34. The molecule has 3 heterocycles. The number of hydrogen-bond acceptors (Lipinski definition) is 4. The first-order valence-corrected chi connectivity index (χ1v) is 13.5. The molecule has 2 aromatic heterocycles. The van der Waals surface area contributed by atoms with E-state index in [1.165, 1.54) is 33.4 Å². The SMILES string of the molecule is Cc1cc(-c2ccn(C)c(=O)c2)cc(C)c1-c1cccc2c1CC[C@H]2Cc1cnc2c(c1)OCC2CC(=O)O. The summed E-state index contributed by atoms with van der Waals surface area (Å²) >= 11 is 0. The van der Waals surface area contributed by atoms with E-state index in [4.69, 9.17) is 9.84 Å². The van der Waals surface area contributed by atoms with Crippen molar-refractivity contribution in [3.05, 3.63) is 105 Å². The zero-order valence-electron chi connectivity index (χ0n) is 22.5. The number of ether oxygens (including phenoxy) is 1. The van der Waals surface area contributed by atoms with Crippen LogP contribution in [0, 0.1) is 13.8 Å². The summed E-state index contributed by atoms with van der Waals surface area (Å²) in [6.07, 6.45) is 6.74. The van der Waals surface area contributed by atoms with Crippen LogP contribution in [0.2, 0.25) is 0 Å². The number of aryl methyl sites for hydroxylation is 3. The molecule has 6 nitrogen and oxygen atoms in total. The number of carboxylic acid groups (broad SMARTS) is 1. The molecule has 39 heavy (non-hydrogen) atoms. The molecule has 0 saturated heterocycles. The van der Waals surface area contributed by atoms with Crippen LogP contribution in [0.3, 0.4) is 0 Å². The van der Waals surface area contributed by atoms with E-state index in [0.29, 0.717) is 12.5 Å². The molecule has 1 aliphatic heterocycles. The smallest absolute Gasteiger partial charge is 0.304 e. The lowest BCUT2D eigenvalue weighted by Gasteiger charge is -2.18. The number of pyridine rings is 2. The van der Waals surface area contributed by atoms with Crippen LogP contribution in [-0.2, 0) is 24.7 Å². The highest BCUT2D eigenvalue weighted by Gasteiger charge is 2.30. The molecule has 198 valence electrons. The van der Waals surface area contributed by atoms with Gasteiger partial charge in [0.1, 0.15) is 5.75 Å². The number of aliphatic carboxylic acids is 1. The Morgan fingerprint density at radius 2 is 1.87 bits per heavy atom. The van der Waals surface area contributed by atoms with E-state index in [0.717, 1.165) is 47.4 Å². The quantitative estimate of drug-likeness (QED) is 0.340. The zero-order chi connectivity index (χ0) is 27.3. The van der Waals surface area contributed by atoms with Crippen LogP contribution in [0.25, 0.3) is 22.3 Å². The Morgan fingerprint density at radius 3 is 2.62 bits per heavy atom. The van der Waals surface area contributed by atoms with Gasteiger partial charge in [-0.1, -0.05) is 30.3 Å². The second-order valence-corrected chi connectivity index (χ2v) is 11.0. The third-order valence-electron chi connectivity index (χ3n) is 8.30. The molecular weight excluding hydrogens is 488 g/mol. The summed E-state index contributed by atoms with van der Waals surface area (Å²) in [6.45, 7) is 4.70. The van der Waals surface area contributed by atoms with Gasteiger partial charge in [0.15, 0.2) is 0 Å². The molecule has 6 rings (SSSR count). The standard InChI is InChI=1S/C33H32N2O4/c1-19-11-24(22-9-10-35(3)30(36)15-22)12-20(2)32(19)28-6-4-5-26-23(7-8-27(26)28)13-21-14-29-33(34-17-21)25(18-39-29)16-31(37)38/h4-6,9-12,14-15,17,23,25H,7-8,13,16,18H2,1-3H3,(H,37,38)/t23-,25?/m0/s1. The lowest BCUT2D eigenvalue weighted by Crippen LogP contribution is -2.14. The Bertz CT molecular complexity index is 1650. The highest BCUT2D eigenvalue weighted by molar-refractivity contribution is 5.79. The van der Waals surface area contributed by atoms with Crippen LogP contribution in [0.1, 0.15) is 58.2 Å². The number of hydrogen-bond donors (Lipinski definition) is 1. The number of rotatable bonds is 6. The van der Waals surface area contributed by atoms with Gasteiger partial charge in [-0.2, -0.15) is 0 Å². The van der Waals surface area contributed by atoms with E-state index in [-0.39, 0.29) is 17.9 Å². The van der Waals surface area contributed by atoms with Crippen LogP contribution in [-0.4, -0.2) is 27.2 Å². The van der Waals surface area contributed by atoms with Crippen LogP contribution in [0.5, 0.6) is 5.75 Å². The summed E-state index contributed by atoms with van der Waals surface area (Å²) in [5.74, 6) is 0.128. The first-order chi connectivity index (χ1) is 18.8. The molecule has 2 aromatic carbocycles. The Hall–Kier alpha value is -4.19. The maximum absolute atomic E-state index is 12.2. The van der Waals surface area contributed by atoms with Crippen molar-refractivity contribution < 1.29 is 14.6 Å². The first kappa shape index (κ1) is 25.1. The minimum absolute atomic E-state index is 0.0102. The predicted octanol–water partition coefficient (Wildman–Crippen LogP) is 5.95. The first-order valence-electron chi connectivity index (χ1n) is 13.5. The van der Waals surface area contributed by atoms with E-state index >= 15 is 0 Å². The van der Waals surface area contributed by atoms with Crippen molar-refractivity contribution in [2.24, 2.45) is 7.05 Å². The van der Waals surface area contributed by atoms with Crippen molar-refractivity contribution in [1.82, 2.24) is 9.55 Å². The number of carboxylic acids is 1. The topological polar surface area (TPSA) is 81.4 Å². The zero-order valence-corrected chi connectivity index (χ0v) is 22.5. The highest BCUT2D eigenvalue weighted by Crippen LogP contribution is 2.43. The van der Waals surface area contributed by atoms with E-state index in [1.807, 2.05) is 18.5 Å². The van der Waals surface area contributed by atoms with Crippen LogP contribution >= 0.6 is 0 Å². The minimum Gasteiger partial charge on any atom is -0.491 e. The van der Waals surface area contributed by atoms with Crippen LogP contribution < -0.4 is 10.3 Å². The molecule has 0 radical (unpaired) electrons. The summed E-state index contributed by atoms with van der Waals surface area (Å²) in [6, 6.07) is 16.8. The molecule has 0 bridgehead atoms. The van der Waals surface area contributed by atoms with Gasteiger partial charge in [0, 0.05) is 31.4 Å². The third kappa shape index (κ3) is 4.65. The third-order valence-corrected chi connectivity index (χ3v) is 8.30. The monoisotopic (exact) mass is 520 g/mol. The highest BCUT2D eigenvalue weighted by atomic mass is 16.5. The molecule has 1 aliphatic carbocycles. The lowest BCUT2D eigenvalue weighted by molar-refractivity contribution is -0.137. The van der Waals surface area contributed by atoms with Gasteiger partial charge in [-0.3, -0.25) is 14.6 Å². The van der Waals surface area contributed by atoms with E-state index in [1.54, 1.807) is 17.7 Å². The maximum atomic E-state index is 12.2. The van der Waals surface area contributed by atoms with Crippen molar-refractivity contribution >= 4 is 5.97 Å². The Balaban J connectivity index is 1.28. The molecule has 2 atom stereocenters. The molecule has 2 aliphatic rings. The van der Waals surface area contributed by atoms with Gasteiger partial charge in [-0.25, -0.2) is 0 Å². The van der Waals surface area contributed by atoms with Gasteiger partial charge in [0.2, 0.25) is 0 Å². The van der Waals surface area contributed by atoms with Gasteiger partial charge in [-0.05, 0) is 101 Å². The Labute approximate surface area is 227 Å². The molecule has 0 saturated carbocycles. The maximum Gasteiger partial charge on any atom is 0.304 e. The minimum atomic E-state index is -0.827. The van der Waals surface area contributed by atoms with E-state index < -0.39 is 5.97 Å². The molecule has 4 aromatic rings. The number of carbonyl (C=O) groups is 1. The summed E-state index contributed by atoms with van der Waals surface area (Å²) in [5.41, 5.74) is 11.7. The average Bonchev–Trinajstić information content (AvgIpc) is 3.49. The number of fused-ring (bicyclic) bond motifs is 2. The second kappa shape index (κ2) is 9.84. The van der Waals surface area contributed by atoms with Gasteiger partial charge in [0.25, 0.3) is 5.56 Å². The fraction of sp³-hybridized carbons (Fsp3) is 0.303. The van der Waals surface area contributed by atoms with Crippen LogP contribution in [0.4, 0.5) is 0 Å². The molecule has 6 heteroatoms. The van der Waals surface area contributed by atoms with Crippen molar-refractivity contribution in [3.8, 4) is 28.0 Å². The number of benzene rings is 2. The van der Waals surface area contributed by atoms with Crippen molar-refractivity contribution in [1.29, 1.82) is 0 Å².